The number of ether oxygens (including phenoxy) is 3. The van der Waals surface area contributed by atoms with Crippen molar-refractivity contribution in [2.75, 3.05) is 25.7 Å². The van der Waals surface area contributed by atoms with Crippen molar-refractivity contribution in [2.24, 2.45) is 5.92 Å². The largest absolute Gasteiger partial charge is 0.468 e. The van der Waals surface area contributed by atoms with E-state index in [9.17, 15) is 14.4 Å². The first-order valence-electron chi connectivity index (χ1n) is 9.39. The van der Waals surface area contributed by atoms with E-state index in [0.717, 1.165) is 5.56 Å². The highest BCUT2D eigenvalue weighted by molar-refractivity contribution is 6.30. The highest BCUT2D eigenvalue weighted by Gasteiger charge is 2.42. The Balaban J connectivity index is 1.88. The summed E-state index contributed by atoms with van der Waals surface area (Å²) >= 11 is 6.17. The lowest BCUT2D eigenvalue weighted by atomic mass is 9.80. The lowest BCUT2D eigenvalue weighted by molar-refractivity contribution is -0.160. The molecule has 0 bridgehead atoms. The van der Waals surface area contributed by atoms with Gasteiger partial charge < -0.3 is 14.2 Å². The Bertz CT molecular complexity index is 916. The second kappa shape index (κ2) is 9.63. The molecular formula is C22H22ClNO6. The maximum absolute atomic E-state index is 12.8. The Kier molecular flexibility index (Phi) is 6.95. The fraction of sp³-hybridized carbons (Fsp3) is 0.318. The van der Waals surface area contributed by atoms with Crippen LogP contribution >= 0.6 is 11.6 Å². The Labute approximate surface area is 179 Å². The summed E-state index contributed by atoms with van der Waals surface area (Å²) in [6, 6.07) is 14.3. The van der Waals surface area contributed by atoms with Crippen LogP contribution in [-0.2, 0) is 30.4 Å². The predicted octanol–water partition coefficient (Wildman–Crippen LogP) is 3.93. The first-order chi connectivity index (χ1) is 14.5. The first kappa shape index (κ1) is 21.6. The summed E-state index contributed by atoms with van der Waals surface area (Å²) in [5.41, 5.74) is 1.99. The molecule has 0 fully saturated rings. The quantitative estimate of drug-likeness (QED) is 0.405. The van der Waals surface area contributed by atoms with Crippen molar-refractivity contribution in [1.82, 2.24) is 0 Å². The number of carbonyl (C=O) groups is 3. The van der Waals surface area contributed by atoms with Crippen LogP contribution in [0.2, 0.25) is 5.02 Å². The molecular weight excluding hydrogens is 410 g/mol. The van der Waals surface area contributed by atoms with E-state index in [1.807, 2.05) is 30.3 Å². The molecule has 0 spiro atoms. The summed E-state index contributed by atoms with van der Waals surface area (Å²) in [5.74, 6) is -3.09. The number of methoxy groups -OCH3 is 2. The maximum Gasteiger partial charge on any atom is 0.414 e. The highest BCUT2D eigenvalue weighted by atomic mass is 35.5. The normalized spacial score (nSPS) is 15.3. The number of nitrogens with zero attached hydrogens (tertiary/aromatic N) is 1. The van der Waals surface area contributed by atoms with Crippen molar-refractivity contribution in [1.29, 1.82) is 0 Å². The molecule has 0 aliphatic carbocycles. The number of amides is 1. The van der Waals surface area contributed by atoms with Gasteiger partial charge in [-0.2, -0.15) is 0 Å². The van der Waals surface area contributed by atoms with E-state index in [1.165, 1.54) is 19.1 Å². The first-order valence-corrected chi connectivity index (χ1v) is 9.77. The molecule has 0 radical (unpaired) electrons. The molecule has 1 aliphatic rings. The minimum absolute atomic E-state index is 0.134. The highest BCUT2D eigenvalue weighted by Crippen LogP contribution is 2.42. The van der Waals surface area contributed by atoms with E-state index in [1.54, 1.807) is 18.2 Å². The van der Waals surface area contributed by atoms with Gasteiger partial charge in [0.1, 0.15) is 6.61 Å². The number of carbonyl (C=O) groups excluding carboxylic acids is 3. The van der Waals surface area contributed by atoms with Crippen LogP contribution in [0.25, 0.3) is 0 Å². The fourth-order valence-electron chi connectivity index (χ4n) is 3.62. The Morgan fingerprint density at radius 1 is 1.07 bits per heavy atom. The second-order valence-electron chi connectivity index (χ2n) is 6.81. The monoisotopic (exact) mass is 431 g/mol. The molecule has 30 heavy (non-hydrogen) atoms. The summed E-state index contributed by atoms with van der Waals surface area (Å²) in [5, 5.41) is 0.423. The van der Waals surface area contributed by atoms with Gasteiger partial charge in [0.2, 0.25) is 0 Å². The van der Waals surface area contributed by atoms with Crippen LogP contribution in [0, 0.1) is 5.92 Å². The van der Waals surface area contributed by atoms with Crippen LogP contribution in [-0.4, -0.2) is 38.8 Å². The van der Waals surface area contributed by atoms with Gasteiger partial charge in [-0.1, -0.05) is 41.9 Å². The van der Waals surface area contributed by atoms with Gasteiger partial charge in [-0.25, -0.2) is 4.79 Å². The van der Waals surface area contributed by atoms with Crippen LogP contribution in [0.1, 0.15) is 23.5 Å². The molecule has 2 aromatic carbocycles. The molecule has 1 atom stereocenters. The minimum atomic E-state index is -1.15. The molecule has 0 saturated heterocycles. The molecule has 0 aromatic heterocycles. The number of halogens is 1. The van der Waals surface area contributed by atoms with Crippen molar-refractivity contribution in [3.63, 3.8) is 0 Å². The van der Waals surface area contributed by atoms with Crippen LogP contribution in [0.3, 0.4) is 0 Å². The van der Waals surface area contributed by atoms with E-state index in [2.05, 4.69) is 0 Å². The number of esters is 2. The van der Waals surface area contributed by atoms with E-state index in [-0.39, 0.29) is 13.2 Å². The van der Waals surface area contributed by atoms with Crippen molar-refractivity contribution in [2.45, 2.75) is 18.9 Å². The van der Waals surface area contributed by atoms with Crippen LogP contribution < -0.4 is 4.90 Å². The standard InChI is InChI=1S/C22H22ClNO6/c1-28-20(25)19(21(26)29-2)16-10-11-24(18-9-8-15(23)12-17(16)18)22(27)30-13-14-6-4-3-5-7-14/h3-9,12,16,19H,10-11,13H2,1-2H3/t16-/m0/s1. The molecule has 1 amide bonds. The average molecular weight is 432 g/mol. The number of anilines is 1. The average Bonchev–Trinajstić information content (AvgIpc) is 2.77. The Hall–Kier alpha value is -3.06. The van der Waals surface area contributed by atoms with E-state index in [4.69, 9.17) is 25.8 Å². The number of benzene rings is 2. The number of hydrogen-bond donors (Lipinski definition) is 0. The van der Waals surface area contributed by atoms with Crippen molar-refractivity contribution in [3.8, 4) is 0 Å². The van der Waals surface area contributed by atoms with Crippen molar-refractivity contribution in [3.05, 3.63) is 64.7 Å². The second-order valence-corrected chi connectivity index (χ2v) is 7.25. The van der Waals surface area contributed by atoms with Gasteiger partial charge in [0.25, 0.3) is 0 Å². The van der Waals surface area contributed by atoms with Gasteiger partial charge in [0, 0.05) is 17.5 Å². The topological polar surface area (TPSA) is 82.1 Å². The Morgan fingerprint density at radius 3 is 2.37 bits per heavy atom. The van der Waals surface area contributed by atoms with E-state index in [0.29, 0.717) is 22.7 Å². The third kappa shape index (κ3) is 4.57. The zero-order valence-corrected chi connectivity index (χ0v) is 17.4. The Morgan fingerprint density at radius 2 is 1.73 bits per heavy atom. The summed E-state index contributed by atoms with van der Waals surface area (Å²) in [6.07, 6.45) is -0.184. The molecule has 8 heteroatoms. The molecule has 3 rings (SSSR count). The summed E-state index contributed by atoms with van der Waals surface area (Å²) in [4.78, 5) is 38.9. The SMILES string of the molecule is COC(=O)C(C(=O)OC)[C@H]1CCN(C(=O)OCc2ccccc2)c2ccc(Cl)cc21. The molecule has 0 saturated carbocycles. The van der Waals surface area contributed by atoms with Gasteiger partial charge >= 0.3 is 18.0 Å². The summed E-state index contributed by atoms with van der Waals surface area (Å²) < 4.78 is 15.1. The van der Waals surface area contributed by atoms with Gasteiger partial charge in [-0.05, 0) is 35.7 Å². The van der Waals surface area contributed by atoms with E-state index >= 15 is 0 Å². The van der Waals surface area contributed by atoms with E-state index < -0.39 is 29.9 Å². The lowest BCUT2D eigenvalue weighted by Crippen LogP contribution is -2.41. The predicted molar refractivity (Wildman–Crippen MR) is 110 cm³/mol. The van der Waals surface area contributed by atoms with Gasteiger partial charge in [-0.3, -0.25) is 14.5 Å². The fourth-order valence-corrected chi connectivity index (χ4v) is 3.80. The molecule has 1 aliphatic heterocycles. The molecule has 7 nitrogen and oxygen atoms in total. The van der Waals surface area contributed by atoms with Gasteiger partial charge in [-0.15, -0.1) is 0 Å². The third-order valence-electron chi connectivity index (χ3n) is 5.08. The van der Waals surface area contributed by atoms with Crippen LogP contribution in [0.5, 0.6) is 0 Å². The van der Waals surface area contributed by atoms with Gasteiger partial charge in [0.15, 0.2) is 5.92 Å². The van der Waals surface area contributed by atoms with Crippen molar-refractivity contribution >= 4 is 35.3 Å². The number of rotatable bonds is 5. The zero-order valence-electron chi connectivity index (χ0n) is 16.7. The summed E-state index contributed by atoms with van der Waals surface area (Å²) in [6.45, 7) is 0.396. The maximum atomic E-state index is 12.8. The molecule has 1 heterocycles. The zero-order chi connectivity index (χ0) is 21.7. The number of fused-ring (bicyclic) bond motifs is 1. The molecule has 0 N–H and O–H groups in total. The minimum Gasteiger partial charge on any atom is -0.468 e. The van der Waals surface area contributed by atoms with Crippen LogP contribution in [0.4, 0.5) is 10.5 Å². The molecule has 2 aromatic rings. The third-order valence-corrected chi connectivity index (χ3v) is 5.32. The lowest BCUT2D eigenvalue weighted by Gasteiger charge is -2.35. The molecule has 0 unspecified atom stereocenters. The summed E-state index contributed by atoms with van der Waals surface area (Å²) in [7, 11) is 2.43. The van der Waals surface area contributed by atoms with Crippen molar-refractivity contribution < 1.29 is 28.6 Å². The number of hydrogen-bond acceptors (Lipinski definition) is 6. The molecule has 158 valence electrons. The smallest absolute Gasteiger partial charge is 0.414 e. The van der Waals surface area contributed by atoms with Gasteiger partial charge in [0.05, 0.1) is 19.9 Å². The van der Waals surface area contributed by atoms with Crippen LogP contribution in [0.15, 0.2) is 48.5 Å².